The number of halogens is 3. The monoisotopic (exact) mass is 319 g/mol. The Hall–Kier alpha value is -1.64. The molecule has 0 bridgehead atoms. The summed E-state index contributed by atoms with van der Waals surface area (Å²) in [5, 5.41) is 13.2. The highest BCUT2D eigenvalue weighted by Crippen LogP contribution is 2.33. The van der Waals surface area contributed by atoms with E-state index in [1.807, 2.05) is 27.8 Å². The number of alkyl halides is 3. The molecule has 0 spiro atoms. The fraction of sp³-hybridized carbons (Fsp3) is 0.583. The summed E-state index contributed by atoms with van der Waals surface area (Å²) in [6, 6.07) is -0.0689. The van der Waals surface area contributed by atoms with Crippen LogP contribution in [0, 0.1) is 13.8 Å². The molecule has 1 atom stereocenters. The zero-order chi connectivity index (χ0) is 15.8. The maximum atomic E-state index is 12.5. The average molecular weight is 319 g/mol. The van der Waals surface area contributed by atoms with Crippen molar-refractivity contribution in [3.05, 3.63) is 22.0 Å². The van der Waals surface area contributed by atoms with Crippen LogP contribution in [-0.2, 0) is 19.6 Å². The first kappa shape index (κ1) is 15.7. The molecular formula is C12H16F3N5S. The van der Waals surface area contributed by atoms with Gasteiger partial charge in [-0.2, -0.15) is 18.3 Å². The molecule has 0 aromatic carbocycles. The average Bonchev–Trinajstić information content (AvgIpc) is 2.90. The van der Waals surface area contributed by atoms with Gasteiger partial charge in [-0.3, -0.25) is 4.68 Å². The number of nitrogens with one attached hydrogen (secondary N) is 1. The second-order valence-electron chi connectivity index (χ2n) is 4.93. The van der Waals surface area contributed by atoms with Crippen molar-refractivity contribution in [3.8, 4) is 0 Å². The van der Waals surface area contributed by atoms with Crippen LogP contribution in [-0.4, -0.2) is 26.0 Å². The summed E-state index contributed by atoms with van der Waals surface area (Å²) < 4.78 is 39.2. The Morgan fingerprint density at radius 1 is 1.29 bits per heavy atom. The molecule has 1 N–H and O–H groups in total. The van der Waals surface area contributed by atoms with E-state index in [1.54, 1.807) is 4.68 Å². The zero-order valence-corrected chi connectivity index (χ0v) is 12.9. The largest absolute Gasteiger partial charge is 0.445 e. The Kier molecular flexibility index (Phi) is 4.22. The van der Waals surface area contributed by atoms with E-state index in [-0.39, 0.29) is 11.2 Å². The predicted molar refractivity (Wildman–Crippen MR) is 74.4 cm³/mol. The van der Waals surface area contributed by atoms with E-state index in [0.29, 0.717) is 17.8 Å². The van der Waals surface area contributed by atoms with Crippen LogP contribution in [0.2, 0.25) is 0 Å². The van der Waals surface area contributed by atoms with E-state index >= 15 is 0 Å². The summed E-state index contributed by atoms with van der Waals surface area (Å²) in [4.78, 5) is 0. The molecule has 21 heavy (non-hydrogen) atoms. The van der Waals surface area contributed by atoms with Crippen LogP contribution in [0.1, 0.15) is 28.9 Å². The van der Waals surface area contributed by atoms with Crippen LogP contribution in [0.5, 0.6) is 0 Å². The maximum absolute atomic E-state index is 12.5. The first-order valence-corrected chi connectivity index (χ1v) is 7.16. The molecule has 5 nitrogen and oxygen atoms in total. The number of nitrogens with zero attached hydrogens (tertiary/aromatic N) is 4. The molecule has 0 amide bonds. The van der Waals surface area contributed by atoms with Crippen molar-refractivity contribution in [1.29, 1.82) is 0 Å². The van der Waals surface area contributed by atoms with Crippen molar-refractivity contribution in [2.75, 3.05) is 5.32 Å². The molecule has 2 aromatic heterocycles. The van der Waals surface area contributed by atoms with Gasteiger partial charge in [-0.15, -0.1) is 10.2 Å². The molecule has 2 rings (SSSR count). The Balaban J connectivity index is 2.05. The third-order valence-electron chi connectivity index (χ3n) is 3.21. The molecule has 0 aliphatic rings. The molecule has 116 valence electrons. The molecule has 0 fully saturated rings. The van der Waals surface area contributed by atoms with Crippen molar-refractivity contribution in [3.63, 3.8) is 0 Å². The second kappa shape index (κ2) is 5.63. The van der Waals surface area contributed by atoms with Gasteiger partial charge in [0.15, 0.2) is 0 Å². The molecule has 0 aliphatic heterocycles. The van der Waals surface area contributed by atoms with E-state index in [1.165, 1.54) is 0 Å². The van der Waals surface area contributed by atoms with Gasteiger partial charge in [-0.1, -0.05) is 11.3 Å². The first-order chi connectivity index (χ1) is 9.68. The summed E-state index contributed by atoms with van der Waals surface area (Å²) in [5.41, 5.74) is 3.07. The van der Waals surface area contributed by atoms with Gasteiger partial charge in [0.2, 0.25) is 10.1 Å². The fourth-order valence-electron chi connectivity index (χ4n) is 2.08. The number of hydrogen-bond donors (Lipinski definition) is 1. The maximum Gasteiger partial charge on any atom is 0.445 e. The third-order valence-corrected chi connectivity index (χ3v) is 4.11. The first-order valence-electron chi connectivity index (χ1n) is 6.34. The van der Waals surface area contributed by atoms with Gasteiger partial charge >= 0.3 is 6.18 Å². The third kappa shape index (κ3) is 3.52. The summed E-state index contributed by atoms with van der Waals surface area (Å²) >= 11 is 0.513. The SMILES string of the molecule is Cc1nn(C)c(C)c1CC(C)Nc1nnc(C(F)(F)F)s1. The van der Waals surface area contributed by atoms with Crippen LogP contribution < -0.4 is 5.32 Å². The van der Waals surface area contributed by atoms with Gasteiger partial charge in [0, 0.05) is 18.8 Å². The lowest BCUT2D eigenvalue weighted by Gasteiger charge is -2.12. The molecule has 2 heterocycles. The van der Waals surface area contributed by atoms with E-state index < -0.39 is 11.2 Å². The van der Waals surface area contributed by atoms with Crippen molar-refractivity contribution in [2.24, 2.45) is 7.05 Å². The minimum absolute atomic E-state index is 0.0689. The summed E-state index contributed by atoms with van der Waals surface area (Å²) in [7, 11) is 1.87. The highest BCUT2D eigenvalue weighted by atomic mass is 32.1. The lowest BCUT2D eigenvalue weighted by molar-refractivity contribution is -0.138. The Labute approximate surface area is 124 Å². The van der Waals surface area contributed by atoms with Crippen molar-refractivity contribution < 1.29 is 13.2 Å². The van der Waals surface area contributed by atoms with Gasteiger partial charge < -0.3 is 5.32 Å². The normalized spacial score (nSPS) is 13.5. The Morgan fingerprint density at radius 3 is 2.43 bits per heavy atom. The summed E-state index contributed by atoms with van der Waals surface area (Å²) in [6.45, 7) is 5.77. The number of anilines is 1. The van der Waals surface area contributed by atoms with Crippen molar-refractivity contribution >= 4 is 16.5 Å². The predicted octanol–water partition coefficient (Wildman–Crippen LogP) is 2.95. The highest BCUT2D eigenvalue weighted by molar-refractivity contribution is 7.15. The van der Waals surface area contributed by atoms with Gasteiger partial charge in [0.1, 0.15) is 0 Å². The Bertz CT molecular complexity index is 631. The number of aromatic nitrogens is 4. The van der Waals surface area contributed by atoms with Gasteiger partial charge in [0.05, 0.1) is 5.69 Å². The molecule has 2 aromatic rings. The van der Waals surface area contributed by atoms with Gasteiger partial charge in [0.25, 0.3) is 0 Å². The molecule has 9 heteroatoms. The molecule has 0 radical (unpaired) electrons. The van der Waals surface area contributed by atoms with Crippen molar-refractivity contribution in [2.45, 2.75) is 39.4 Å². The lowest BCUT2D eigenvalue weighted by atomic mass is 10.1. The van der Waals surface area contributed by atoms with E-state index in [2.05, 4.69) is 20.6 Å². The number of aryl methyl sites for hydroxylation is 2. The standard InChI is InChI=1S/C12H16F3N5S/c1-6(5-9-7(2)19-20(4)8(9)3)16-11-18-17-10(21-11)12(13,14)15/h6H,5H2,1-4H3,(H,16,18). The highest BCUT2D eigenvalue weighted by Gasteiger charge is 2.35. The number of rotatable bonds is 4. The minimum Gasteiger partial charge on any atom is -0.357 e. The van der Waals surface area contributed by atoms with E-state index in [9.17, 15) is 13.2 Å². The van der Waals surface area contributed by atoms with Crippen LogP contribution in [0.25, 0.3) is 0 Å². The van der Waals surface area contributed by atoms with E-state index in [4.69, 9.17) is 0 Å². The van der Waals surface area contributed by atoms with Crippen LogP contribution in [0.15, 0.2) is 0 Å². The van der Waals surface area contributed by atoms with Crippen LogP contribution >= 0.6 is 11.3 Å². The van der Waals surface area contributed by atoms with Crippen LogP contribution in [0.4, 0.5) is 18.3 Å². The Morgan fingerprint density at radius 2 is 1.95 bits per heavy atom. The quantitative estimate of drug-likeness (QED) is 0.941. The molecular weight excluding hydrogens is 303 g/mol. The van der Waals surface area contributed by atoms with Gasteiger partial charge in [-0.25, -0.2) is 0 Å². The second-order valence-corrected chi connectivity index (χ2v) is 5.91. The summed E-state index contributed by atoms with van der Waals surface area (Å²) in [5.74, 6) is 0. The van der Waals surface area contributed by atoms with Crippen molar-refractivity contribution in [1.82, 2.24) is 20.0 Å². The number of hydrogen-bond acceptors (Lipinski definition) is 5. The molecule has 1 unspecified atom stereocenters. The zero-order valence-electron chi connectivity index (χ0n) is 12.1. The summed E-state index contributed by atoms with van der Waals surface area (Å²) in [6.07, 6.45) is -3.79. The van der Waals surface area contributed by atoms with Gasteiger partial charge in [-0.05, 0) is 32.8 Å². The molecule has 0 saturated heterocycles. The minimum atomic E-state index is -4.45. The topological polar surface area (TPSA) is 55.6 Å². The fourth-order valence-corrected chi connectivity index (χ4v) is 2.80. The van der Waals surface area contributed by atoms with Crippen LogP contribution in [0.3, 0.4) is 0 Å². The smallest absolute Gasteiger partial charge is 0.357 e. The van der Waals surface area contributed by atoms with E-state index in [0.717, 1.165) is 17.0 Å². The molecule has 0 saturated carbocycles. The molecule has 0 aliphatic carbocycles. The lowest BCUT2D eigenvalue weighted by Crippen LogP contribution is -2.18.